The first-order chi connectivity index (χ1) is 14.9. The molecule has 0 fully saturated rings. The molecule has 3 aromatic carbocycles. The Hall–Kier alpha value is -3.79. The zero-order valence-electron chi connectivity index (χ0n) is 16.6. The van der Waals surface area contributed by atoms with Gasteiger partial charge in [0.15, 0.2) is 5.82 Å². The van der Waals surface area contributed by atoms with Crippen molar-refractivity contribution < 1.29 is 0 Å². The average Bonchev–Trinajstić information content (AvgIpc) is 3.24. The lowest BCUT2D eigenvalue weighted by atomic mass is 10.1. The van der Waals surface area contributed by atoms with E-state index in [0.717, 1.165) is 34.9 Å². The molecule has 1 aliphatic rings. The monoisotopic (exact) mass is 390 g/mol. The topological polar surface area (TPSA) is 41.4 Å². The van der Waals surface area contributed by atoms with E-state index < -0.39 is 0 Å². The second-order valence-electron chi connectivity index (χ2n) is 7.37. The van der Waals surface area contributed by atoms with Crippen molar-refractivity contribution in [1.82, 2.24) is 14.9 Å². The SMILES string of the molecule is c1ccc(CN2C(c3ccccc3)=NCC2c2cnc(-c3ccccc3)nc2)cc1. The molecule has 0 amide bonds. The van der Waals surface area contributed by atoms with Crippen LogP contribution in [0.3, 0.4) is 0 Å². The van der Waals surface area contributed by atoms with Crippen molar-refractivity contribution in [3.05, 3.63) is 120 Å². The molecule has 5 rings (SSSR count). The largest absolute Gasteiger partial charge is 0.343 e. The molecular formula is C26H22N4. The summed E-state index contributed by atoms with van der Waals surface area (Å²) in [6.45, 7) is 1.49. The molecule has 30 heavy (non-hydrogen) atoms. The van der Waals surface area contributed by atoms with E-state index in [0.29, 0.717) is 6.54 Å². The molecule has 0 aliphatic carbocycles. The summed E-state index contributed by atoms with van der Waals surface area (Å²) in [6, 6.07) is 31.1. The summed E-state index contributed by atoms with van der Waals surface area (Å²) in [5.41, 5.74) is 4.51. The van der Waals surface area contributed by atoms with E-state index in [9.17, 15) is 0 Å². The van der Waals surface area contributed by atoms with E-state index in [1.165, 1.54) is 5.56 Å². The molecule has 146 valence electrons. The van der Waals surface area contributed by atoms with Crippen LogP contribution in [0, 0.1) is 0 Å². The van der Waals surface area contributed by atoms with Crippen LogP contribution >= 0.6 is 0 Å². The van der Waals surface area contributed by atoms with Crippen LogP contribution in [0.4, 0.5) is 0 Å². The second kappa shape index (κ2) is 8.29. The number of aromatic nitrogens is 2. The highest BCUT2D eigenvalue weighted by atomic mass is 15.3. The standard InChI is InChI=1S/C26H22N4/c1-4-10-20(11-5-1)19-30-24(18-29-26(30)22-14-8-3-9-15-22)23-16-27-25(28-17-23)21-12-6-2-7-13-21/h1-17,24H,18-19H2. The number of hydrogen-bond acceptors (Lipinski definition) is 4. The predicted molar refractivity (Wildman–Crippen MR) is 120 cm³/mol. The van der Waals surface area contributed by atoms with Crippen LogP contribution in [0.2, 0.25) is 0 Å². The first kappa shape index (κ1) is 18.3. The number of nitrogens with zero attached hydrogens (tertiary/aromatic N) is 4. The summed E-state index contributed by atoms with van der Waals surface area (Å²) in [5, 5.41) is 0. The molecule has 0 N–H and O–H groups in total. The molecule has 2 heterocycles. The van der Waals surface area contributed by atoms with Crippen molar-refractivity contribution >= 4 is 5.84 Å². The van der Waals surface area contributed by atoms with Crippen molar-refractivity contribution in [2.45, 2.75) is 12.6 Å². The Labute approximate surface area is 176 Å². The van der Waals surface area contributed by atoms with Gasteiger partial charge < -0.3 is 4.90 Å². The zero-order valence-corrected chi connectivity index (χ0v) is 16.6. The number of aliphatic imine (C=N–C) groups is 1. The molecule has 1 aliphatic heterocycles. The second-order valence-corrected chi connectivity index (χ2v) is 7.37. The van der Waals surface area contributed by atoms with Crippen molar-refractivity contribution in [2.24, 2.45) is 4.99 Å². The van der Waals surface area contributed by atoms with Gasteiger partial charge in [-0.3, -0.25) is 4.99 Å². The third-order valence-electron chi connectivity index (χ3n) is 5.38. The van der Waals surface area contributed by atoms with E-state index in [-0.39, 0.29) is 6.04 Å². The van der Waals surface area contributed by atoms with Gasteiger partial charge in [-0.15, -0.1) is 0 Å². The Morgan fingerprint density at radius 1 is 0.700 bits per heavy atom. The lowest BCUT2D eigenvalue weighted by Crippen LogP contribution is -2.31. The van der Waals surface area contributed by atoms with Crippen LogP contribution in [0.1, 0.15) is 22.7 Å². The van der Waals surface area contributed by atoms with Crippen LogP contribution in [-0.2, 0) is 6.54 Å². The van der Waals surface area contributed by atoms with Gasteiger partial charge in [-0.1, -0.05) is 91.0 Å². The number of amidine groups is 1. The molecule has 0 bridgehead atoms. The highest BCUT2D eigenvalue weighted by Gasteiger charge is 2.30. The van der Waals surface area contributed by atoms with E-state index in [2.05, 4.69) is 63.4 Å². The third-order valence-corrected chi connectivity index (χ3v) is 5.38. The minimum atomic E-state index is 0.116. The molecule has 0 saturated heterocycles. The first-order valence-electron chi connectivity index (χ1n) is 10.2. The van der Waals surface area contributed by atoms with Crippen molar-refractivity contribution in [3.63, 3.8) is 0 Å². The minimum Gasteiger partial charge on any atom is -0.343 e. The molecule has 1 unspecified atom stereocenters. The van der Waals surface area contributed by atoms with Crippen molar-refractivity contribution in [2.75, 3.05) is 6.54 Å². The van der Waals surface area contributed by atoms with Crippen LogP contribution in [0.25, 0.3) is 11.4 Å². The van der Waals surface area contributed by atoms with Gasteiger partial charge in [0.1, 0.15) is 5.84 Å². The fourth-order valence-corrected chi connectivity index (χ4v) is 3.85. The Bertz CT molecular complexity index is 1120. The van der Waals surface area contributed by atoms with Gasteiger partial charge in [-0.05, 0) is 5.56 Å². The van der Waals surface area contributed by atoms with E-state index >= 15 is 0 Å². The molecule has 0 saturated carbocycles. The lowest BCUT2D eigenvalue weighted by Gasteiger charge is -2.28. The normalized spacial score (nSPS) is 15.8. The smallest absolute Gasteiger partial charge is 0.159 e. The van der Waals surface area contributed by atoms with E-state index in [1.807, 2.05) is 54.9 Å². The Kier molecular flexibility index (Phi) is 5.05. The molecule has 0 spiro atoms. The van der Waals surface area contributed by atoms with E-state index in [1.54, 1.807) is 0 Å². The van der Waals surface area contributed by atoms with Gasteiger partial charge in [0.2, 0.25) is 0 Å². The maximum absolute atomic E-state index is 4.91. The molecule has 4 nitrogen and oxygen atoms in total. The number of benzene rings is 3. The summed E-state index contributed by atoms with van der Waals surface area (Å²) in [6.07, 6.45) is 3.89. The molecular weight excluding hydrogens is 368 g/mol. The highest BCUT2D eigenvalue weighted by Crippen LogP contribution is 2.30. The van der Waals surface area contributed by atoms with E-state index in [4.69, 9.17) is 4.99 Å². The quantitative estimate of drug-likeness (QED) is 0.473. The summed E-state index contributed by atoms with van der Waals surface area (Å²) in [7, 11) is 0. The summed E-state index contributed by atoms with van der Waals surface area (Å²) >= 11 is 0. The van der Waals surface area contributed by atoms with Crippen molar-refractivity contribution in [1.29, 1.82) is 0 Å². The van der Waals surface area contributed by atoms with Crippen LogP contribution in [0.15, 0.2) is 108 Å². The number of hydrogen-bond donors (Lipinski definition) is 0. The average molecular weight is 390 g/mol. The van der Waals surface area contributed by atoms with Crippen molar-refractivity contribution in [3.8, 4) is 11.4 Å². The highest BCUT2D eigenvalue weighted by molar-refractivity contribution is 6.00. The fourth-order valence-electron chi connectivity index (χ4n) is 3.85. The third kappa shape index (κ3) is 3.72. The molecule has 4 aromatic rings. The predicted octanol–water partition coefficient (Wildman–Crippen LogP) is 5.15. The van der Waals surface area contributed by atoms with Crippen LogP contribution in [0.5, 0.6) is 0 Å². The Morgan fingerprint density at radius 3 is 1.90 bits per heavy atom. The van der Waals surface area contributed by atoms with Gasteiger partial charge in [0.25, 0.3) is 0 Å². The van der Waals surface area contributed by atoms with Crippen LogP contribution in [-0.4, -0.2) is 27.2 Å². The van der Waals surface area contributed by atoms with Gasteiger partial charge in [0, 0.05) is 35.6 Å². The summed E-state index contributed by atoms with van der Waals surface area (Å²) < 4.78 is 0. The van der Waals surface area contributed by atoms with Gasteiger partial charge >= 0.3 is 0 Å². The Morgan fingerprint density at radius 2 is 1.27 bits per heavy atom. The minimum absolute atomic E-state index is 0.116. The molecule has 0 radical (unpaired) electrons. The van der Waals surface area contributed by atoms with Gasteiger partial charge in [0.05, 0.1) is 12.6 Å². The lowest BCUT2D eigenvalue weighted by molar-refractivity contribution is 0.342. The maximum atomic E-state index is 4.91. The summed E-state index contributed by atoms with van der Waals surface area (Å²) in [5.74, 6) is 1.77. The van der Waals surface area contributed by atoms with Gasteiger partial charge in [-0.2, -0.15) is 0 Å². The van der Waals surface area contributed by atoms with Gasteiger partial charge in [-0.25, -0.2) is 9.97 Å². The summed E-state index contributed by atoms with van der Waals surface area (Å²) in [4.78, 5) is 16.6. The molecule has 1 aromatic heterocycles. The first-order valence-corrected chi connectivity index (χ1v) is 10.2. The molecule has 4 heteroatoms. The zero-order chi connectivity index (χ0) is 20.2. The van der Waals surface area contributed by atoms with Crippen LogP contribution < -0.4 is 0 Å². The fraction of sp³-hybridized carbons (Fsp3) is 0.115. The maximum Gasteiger partial charge on any atom is 0.159 e. The number of rotatable bonds is 5. The molecule has 1 atom stereocenters. The Balaban J connectivity index is 1.46.